The SMILES string of the molecule is CC.CCC1(CC(=O)C(C)C)CCCC1. The van der Waals surface area contributed by atoms with E-state index >= 15 is 0 Å². The molecule has 1 heteroatoms. The molecule has 0 aromatic carbocycles. The largest absolute Gasteiger partial charge is 0.299 e. The van der Waals surface area contributed by atoms with Gasteiger partial charge in [-0.1, -0.05) is 53.9 Å². The van der Waals surface area contributed by atoms with Crippen molar-refractivity contribution in [3.05, 3.63) is 0 Å². The Hall–Kier alpha value is -0.330. The second kappa shape index (κ2) is 7.03. The van der Waals surface area contributed by atoms with Gasteiger partial charge in [-0.05, 0) is 18.3 Å². The summed E-state index contributed by atoms with van der Waals surface area (Å²) in [5.41, 5.74) is 0.390. The number of rotatable bonds is 4. The van der Waals surface area contributed by atoms with Crippen LogP contribution in [0.1, 0.15) is 73.1 Å². The Morgan fingerprint density at radius 3 is 2.00 bits per heavy atom. The summed E-state index contributed by atoms with van der Waals surface area (Å²) in [6, 6.07) is 0. The fourth-order valence-corrected chi connectivity index (χ4v) is 2.35. The standard InChI is InChI=1S/C12H22O.C2H6/c1-4-12(7-5-6-8-12)9-11(13)10(2)3;1-2/h10H,4-9H2,1-3H3;1-2H3. The third-order valence-corrected chi connectivity index (χ3v) is 3.61. The summed E-state index contributed by atoms with van der Waals surface area (Å²) >= 11 is 0. The lowest BCUT2D eigenvalue weighted by molar-refractivity contribution is -0.124. The first-order valence-corrected chi connectivity index (χ1v) is 6.62. The van der Waals surface area contributed by atoms with Gasteiger partial charge in [0, 0.05) is 12.3 Å². The van der Waals surface area contributed by atoms with Crippen molar-refractivity contribution in [3.63, 3.8) is 0 Å². The van der Waals surface area contributed by atoms with Gasteiger partial charge in [-0.2, -0.15) is 0 Å². The zero-order valence-corrected chi connectivity index (χ0v) is 11.2. The summed E-state index contributed by atoms with van der Waals surface area (Å²) in [5, 5.41) is 0. The van der Waals surface area contributed by atoms with Gasteiger partial charge in [0.05, 0.1) is 0 Å². The second-order valence-corrected chi connectivity index (χ2v) is 4.86. The van der Waals surface area contributed by atoms with E-state index in [-0.39, 0.29) is 5.92 Å². The molecule has 0 amide bonds. The molecule has 0 saturated heterocycles. The molecule has 0 atom stereocenters. The summed E-state index contributed by atoms with van der Waals surface area (Å²) in [7, 11) is 0. The quantitative estimate of drug-likeness (QED) is 0.665. The van der Waals surface area contributed by atoms with Crippen molar-refractivity contribution in [2.45, 2.75) is 73.1 Å². The molecule has 0 N–H and O–H groups in total. The second-order valence-electron chi connectivity index (χ2n) is 4.86. The normalized spacial score (nSPS) is 18.5. The molecule has 15 heavy (non-hydrogen) atoms. The van der Waals surface area contributed by atoms with Crippen molar-refractivity contribution >= 4 is 5.78 Å². The van der Waals surface area contributed by atoms with Gasteiger partial charge < -0.3 is 0 Å². The lowest BCUT2D eigenvalue weighted by Crippen LogP contribution is -2.22. The van der Waals surface area contributed by atoms with Crippen LogP contribution in [0.15, 0.2) is 0 Å². The highest BCUT2D eigenvalue weighted by molar-refractivity contribution is 5.81. The van der Waals surface area contributed by atoms with Gasteiger partial charge in [-0.3, -0.25) is 4.79 Å². The van der Waals surface area contributed by atoms with Crippen LogP contribution < -0.4 is 0 Å². The van der Waals surface area contributed by atoms with E-state index < -0.39 is 0 Å². The number of carbonyl (C=O) groups excluding carboxylic acids is 1. The average Bonchev–Trinajstić information content (AvgIpc) is 2.70. The maximum absolute atomic E-state index is 11.7. The van der Waals surface area contributed by atoms with E-state index in [2.05, 4.69) is 6.92 Å². The van der Waals surface area contributed by atoms with E-state index in [1.165, 1.54) is 32.1 Å². The summed E-state index contributed by atoms with van der Waals surface area (Å²) < 4.78 is 0. The molecule has 1 saturated carbocycles. The van der Waals surface area contributed by atoms with Crippen molar-refractivity contribution < 1.29 is 4.79 Å². The fraction of sp³-hybridized carbons (Fsp3) is 0.929. The number of hydrogen-bond donors (Lipinski definition) is 0. The highest BCUT2D eigenvalue weighted by Crippen LogP contribution is 2.44. The van der Waals surface area contributed by atoms with Crippen LogP contribution in [0.5, 0.6) is 0 Å². The molecule has 0 heterocycles. The molecule has 0 aliphatic heterocycles. The van der Waals surface area contributed by atoms with E-state index in [0.29, 0.717) is 11.2 Å². The van der Waals surface area contributed by atoms with E-state index in [9.17, 15) is 4.79 Å². The van der Waals surface area contributed by atoms with Crippen LogP contribution in [0.2, 0.25) is 0 Å². The maximum atomic E-state index is 11.7. The van der Waals surface area contributed by atoms with Gasteiger partial charge in [0.25, 0.3) is 0 Å². The molecule has 90 valence electrons. The van der Waals surface area contributed by atoms with Gasteiger partial charge in [0.2, 0.25) is 0 Å². The Morgan fingerprint density at radius 1 is 1.20 bits per heavy atom. The highest BCUT2D eigenvalue weighted by Gasteiger charge is 2.34. The van der Waals surface area contributed by atoms with Gasteiger partial charge in [-0.25, -0.2) is 0 Å². The Morgan fingerprint density at radius 2 is 1.67 bits per heavy atom. The third kappa shape index (κ3) is 4.36. The monoisotopic (exact) mass is 212 g/mol. The first-order chi connectivity index (χ1) is 7.09. The molecule has 1 fully saturated rings. The first kappa shape index (κ1) is 14.7. The van der Waals surface area contributed by atoms with Crippen molar-refractivity contribution in [1.82, 2.24) is 0 Å². The Labute approximate surface area is 95.6 Å². The molecule has 1 nitrogen and oxygen atoms in total. The van der Waals surface area contributed by atoms with E-state index in [1.54, 1.807) is 0 Å². The molecule has 1 aliphatic rings. The van der Waals surface area contributed by atoms with E-state index in [4.69, 9.17) is 0 Å². The van der Waals surface area contributed by atoms with Gasteiger partial charge in [-0.15, -0.1) is 0 Å². The molecule has 0 aromatic rings. The minimum Gasteiger partial charge on any atom is -0.299 e. The predicted octanol–water partition coefficient (Wildman–Crippen LogP) is 4.60. The lowest BCUT2D eigenvalue weighted by Gasteiger charge is -2.27. The molecule has 0 unspecified atom stereocenters. The summed E-state index contributed by atoms with van der Waals surface area (Å²) in [5.74, 6) is 0.688. The first-order valence-electron chi connectivity index (χ1n) is 6.62. The lowest BCUT2D eigenvalue weighted by atomic mass is 9.77. The third-order valence-electron chi connectivity index (χ3n) is 3.61. The number of ketones is 1. The Balaban J connectivity index is 0.000000921. The molecule has 1 rings (SSSR count). The van der Waals surface area contributed by atoms with Crippen LogP contribution in [0.3, 0.4) is 0 Å². The van der Waals surface area contributed by atoms with Crippen molar-refractivity contribution in [2.24, 2.45) is 11.3 Å². The van der Waals surface area contributed by atoms with E-state index in [1.807, 2.05) is 27.7 Å². The molecule has 0 radical (unpaired) electrons. The summed E-state index contributed by atoms with van der Waals surface area (Å²) in [6.07, 6.45) is 7.25. The molecule has 1 aliphatic carbocycles. The number of hydrogen-bond acceptors (Lipinski definition) is 1. The van der Waals surface area contributed by atoms with Crippen LogP contribution in [-0.4, -0.2) is 5.78 Å². The van der Waals surface area contributed by atoms with Crippen LogP contribution in [0.4, 0.5) is 0 Å². The summed E-state index contributed by atoms with van der Waals surface area (Å²) in [4.78, 5) is 11.7. The van der Waals surface area contributed by atoms with Crippen molar-refractivity contribution in [1.29, 1.82) is 0 Å². The topological polar surface area (TPSA) is 17.1 Å². The predicted molar refractivity (Wildman–Crippen MR) is 67.0 cm³/mol. The highest BCUT2D eigenvalue weighted by atomic mass is 16.1. The van der Waals surface area contributed by atoms with Crippen molar-refractivity contribution in [3.8, 4) is 0 Å². The van der Waals surface area contributed by atoms with Crippen LogP contribution in [-0.2, 0) is 4.79 Å². The van der Waals surface area contributed by atoms with Crippen LogP contribution >= 0.6 is 0 Å². The smallest absolute Gasteiger partial charge is 0.135 e. The van der Waals surface area contributed by atoms with Crippen LogP contribution in [0.25, 0.3) is 0 Å². The molecular weight excluding hydrogens is 184 g/mol. The molecule has 0 aromatic heterocycles. The number of carbonyl (C=O) groups is 1. The van der Waals surface area contributed by atoms with Gasteiger partial charge in [0.1, 0.15) is 5.78 Å². The van der Waals surface area contributed by atoms with Gasteiger partial charge in [0.15, 0.2) is 0 Å². The zero-order valence-electron chi connectivity index (χ0n) is 11.2. The minimum absolute atomic E-state index is 0.226. The molecule has 0 bridgehead atoms. The maximum Gasteiger partial charge on any atom is 0.135 e. The molecular formula is C14H28O. The Kier molecular flexibility index (Phi) is 6.87. The summed E-state index contributed by atoms with van der Waals surface area (Å²) in [6.45, 7) is 10.3. The minimum atomic E-state index is 0.226. The van der Waals surface area contributed by atoms with E-state index in [0.717, 1.165) is 6.42 Å². The number of Topliss-reactive ketones (excluding diaryl/α,β-unsaturated/α-hetero) is 1. The fourth-order valence-electron chi connectivity index (χ4n) is 2.35. The molecule has 0 spiro atoms. The van der Waals surface area contributed by atoms with Crippen molar-refractivity contribution in [2.75, 3.05) is 0 Å². The van der Waals surface area contributed by atoms with Gasteiger partial charge >= 0.3 is 0 Å². The zero-order chi connectivity index (χ0) is 11.9. The average molecular weight is 212 g/mol. The van der Waals surface area contributed by atoms with Crippen LogP contribution in [0, 0.1) is 11.3 Å². The Bertz CT molecular complexity index is 176.